The molecule has 1 rings (SSSR count). The zero-order valence-electron chi connectivity index (χ0n) is 11.1. The highest BCUT2D eigenvalue weighted by atomic mass is 16.5. The first-order valence-corrected chi connectivity index (χ1v) is 6.32. The van der Waals surface area contributed by atoms with Crippen molar-refractivity contribution in [2.24, 2.45) is 4.99 Å². The number of unbranched alkanes of at least 4 members (excludes halogenated alkanes) is 1. The quantitative estimate of drug-likeness (QED) is 0.722. The van der Waals surface area contributed by atoms with Crippen molar-refractivity contribution in [1.29, 1.82) is 0 Å². The topological polar surface area (TPSA) is 41.8 Å². The summed E-state index contributed by atoms with van der Waals surface area (Å²) in [4.78, 5) is 4.40. The fraction of sp³-hybridized carbons (Fsp3) is 0.643. The summed E-state index contributed by atoms with van der Waals surface area (Å²) in [5, 5.41) is 10.1. The van der Waals surface area contributed by atoms with Gasteiger partial charge in [0.1, 0.15) is 0 Å². The van der Waals surface area contributed by atoms with E-state index >= 15 is 0 Å². The highest BCUT2D eigenvalue weighted by molar-refractivity contribution is 5.79. The molecule has 1 saturated heterocycles. The number of ether oxygens (including phenoxy) is 1. The van der Waals surface area contributed by atoms with Gasteiger partial charge in [-0.25, -0.2) is 0 Å². The van der Waals surface area contributed by atoms with Crippen LogP contribution in [-0.2, 0) is 4.74 Å². The van der Waals surface area contributed by atoms with E-state index in [-0.39, 0.29) is 0 Å². The Balaban J connectivity index is 2.61. The van der Waals surface area contributed by atoms with Crippen LogP contribution >= 0.6 is 0 Å². The van der Waals surface area contributed by atoms with Crippen molar-refractivity contribution in [2.45, 2.75) is 45.6 Å². The molecule has 17 heavy (non-hydrogen) atoms. The standard InChI is InChI=1S/C14H23NO2/c1-4-7-8-12(5-2)9-15-13(6-3)14(16)10-17-11-14/h5-6,9,16H,4,7-8,10-11H2,1-3H3/b12-5-,13-6-,15-9+. The summed E-state index contributed by atoms with van der Waals surface area (Å²) < 4.78 is 5.04. The lowest BCUT2D eigenvalue weighted by atomic mass is 9.97. The molecule has 0 saturated carbocycles. The molecule has 3 nitrogen and oxygen atoms in total. The molecule has 1 aliphatic rings. The minimum Gasteiger partial charge on any atom is -0.379 e. The summed E-state index contributed by atoms with van der Waals surface area (Å²) in [5.41, 5.74) is 1.06. The summed E-state index contributed by atoms with van der Waals surface area (Å²) >= 11 is 0. The molecule has 0 aliphatic carbocycles. The average Bonchev–Trinajstić information content (AvgIpc) is 2.31. The fourth-order valence-electron chi connectivity index (χ4n) is 1.72. The Morgan fingerprint density at radius 2 is 2.06 bits per heavy atom. The SMILES string of the molecule is C\C=C(/C=N/C(=C\C)C1(O)COC1)CCCC. The maximum absolute atomic E-state index is 10.1. The summed E-state index contributed by atoms with van der Waals surface area (Å²) in [6.07, 6.45) is 9.19. The van der Waals surface area contributed by atoms with E-state index in [1.165, 1.54) is 18.4 Å². The van der Waals surface area contributed by atoms with Crippen LogP contribution in [0.3, 0.4) is 0 Å². The van der Waals surface area contributed by atoms with E-state index in [0.717, 1.165) is 6.42 Å². The monoisotopic (exact) mass is 237 g/mol. The zero-order valence-corrected chi connectivity index (χ0v) is 11.1. The zero-order chi connectivity index (χ0) is 12.7. The molecule has 1 aliphatic heterocycles. The summed E-state index contributed by atoms with van der Waals surface area (Å²) in [6, 6.07) is 0. The van der Waals surface area contributed by atoms with Gasteiger partial charge in [0.25, 0.3) is 0 Å². The molecule has 0 bridgehead atoms. The Morgan fingerprint density at radius 1 is 1.35 bits per heavy atom. The Labute approximate surface area is 104 Å². The molecule has 1 N–H and O–H groups in total. The van der Waals surface area contributed by atoms with Gasteiger partial charge in [-0.15, -0.1) is 0 Å². The number of hydrogen-bond donors (Lipinski definition) is 1. The molecule has 1 fully saturated rings. The Kier molecular flexibility index (Phi) is 5.59. The number of allylic oxidation sites excluding steroid dienone is 3. The number of nitrogens with zero attached hydrogens (tertiary/aromatic N) is 1. The lowest BCUT2D eigenvalue weighted by Gasteiger charge is -2.36. The summed E-state index contributed by atoms with van der Waals surface area (Å²) in [7, 11) is 0. The van der Waals surface area contributed by atoms with E-state index in [9.17, 15) is 5.11 Å². The van der Waals surface area contributed by atoms with Gasteiger partial charge in [-0.3, -0.25) is 4.99 Å². The van der Waals surface area contributed by atoms with E-state index in [4.69, 9.17) is 4.74 Å². The minimum atomic E-state index is -0.866. The van der Waals surface area contributed by atoms with Crippen LogP contribution in [0.15, 0.2) is 28.4 Å². The van der Waals surface area contributed by atoms with Gasteiger partial charge >= 0.3 is 0 Å². The first-order valence-electron chi connectivity index (χ1n) is 6.32. The second kappa shape index (κ2) is 6.72. The van der Waals surface area contributed by atoms with Gasteiger partial charge in [-0.2, -0.15) is 0 Å². The number of aliphatic hydroxyl groups is 1. The van der Waals surface area contributed by atoms with Crippen molar-refractivity contribution in [2.75, 3.05) is 13.2 Å². The number of aliphatic imine (C=N–C) groups is 1. The maximum Gasteiger partial charge on any atom is 0.152 e. The van der Waals surface area contributed by atoms with E-state index in [2.05, 4.69) is 18.0 Å². The van der Waals surface area contributed by atoms with E-state index in [1.807, 2.05) is 26.1 Å². The van der Waals surface area contributed by atoms with Gasteiger partial charge in [-0.05, 0) is 32.3 Å². The molecular weight excluding hydrogens is 214 g/mol. The van der Waals surface area contributed by atoms with Gasteiger partial charge < -0.3 is 9.84 Å². The largest absolute Gasteiger partial charge is 0.379 e. The van der Waals surface area contributed by atoms with Crippen LogP contribution in [0, 0.1) is 0 Å². The first-order chi connectivity index (χ1) is 8.16. The Hall–Kier alpha value is -0.930. The lowest BCUT2D eigenvalue weighted by molar-refractivity contribution is -0.154. The maximum atomic E-state index is 10.1. The Morgan fingerprint density at radius 3 is 2.47 bits per heavy atom. The van der Waals surface area contributed by atoms with Crippen LogP contribution in [0.1, 0.15) is 40.0 Å². The predicted octanol–water partition coefficient (Wildman–Crippen LogP) is 2.86. The molecule has 0 radical (unpaired) electrons. The summed E-state index contributed by atoms with van der Waals surface area (Å²) in [5.74, 6) is 0. The third-order valence-corrected chi connectivity index (χ3v) is 2.99. The van der Waals surface area contributed by atoms with Crippen molar-refractivity contribution >= 4 is 6.21 Å². The molecule has 0 atom stereocenters. The third kappa shape index (κ3) is 3.79. The van der Waals surface area contributed by atoms with Gasteiger partial charge in [0.05, 0.1) is 18.9 Å². The molecule has 0 aromatic rings. The first kappa shape index (κ1) is 14.1. The van der Waals surface area contributed by atoms with Crippen LogP contribution in [0.4, 0.5) is 0 Å². The van der Waals surface area contributed by atoms with E-state index in [0.29, 0.717) is 18.9 Å². The van der Waals surface area contributed by atoms with Crippen molar-refractivity contribution in [3.05, 3.63) is 23.4 Å². The molecule has 1 heterocycles. The van der Waals surface area contributed by atoms with Crippen LogP contribution in [-0.4, -0.2) is 30.1 Å². The van der Waals surface area contributed by atoms with Crippen molar-refractivity contribution < 1.29 is 9.84 Å². The van der Waals surface area contributed by atoms with Crippen LogP contribution in [0.5, 0.6) is 0 Å². The lowest BCUT2D eigenvalue weighted by Crippen LogP contribution is -2.50. The average molecular weight is 237 g/mol. The second-order valence-electron chi connectivity index (χ2n) is 4.42. The number of rotatable bonds is 6. The molecule has 0 spiro atoms. The van der Waals surface area contributed by atoms with E-state index in [1.54, 1.807) is 0 Å². The smallest absolute Gasteiger partial charge is 0.152 e. The highest BCUT2D eigenvalue weighted by Crippen LogP contribution is 2.26. The normalized spacial score (nSPS) is 20.7. The highest BCUT2D eigenvalue weighted by Gasteiger charge is 2.39. The molecular formula is C14H23NO2. The molecule has 96 valence electrons. The van der Waals surface area contributed by atoms with Gasteiger partial charge in [0, 0.05) is 6.21 Å². The molecule has 0 aromatic carbocycles. The van der Waals surface area contributed by atoms with Gasteiger partial charge in [0.2, 0.25) is 0 Å². The molecule has 0 aromatic heterocycles. The molecule has 0 unspecified atom stereocenters. The van der Waals surface area contributed by atoms with E-state index < -0.39 is 5.60 Å². The van der Waals surface area contributed by atoms with Crippen LogP contribution in [0.25, 0.3) is 0 Å². The number of hydrogen-bond acceptors (Lipinski definition) is 3. The molecule has 0 amide bonds. The fourth-order valence-corrected chi connectivity index (χ4v) is 1.72. The third-order valence-electron chi connectivity index (χ3n) is 2.99. The van der Waals surface area contributed by atoms with Crippen molar-refractivity contribution in [1.82, 2.24) is 0 Å². The predicted molar refractivity (Wildman–Crippen MR) is 71.3 cm³/mol. The van der Waals surface area contributed by atoms with Crippen LogP contribution in [0.2, 0.25) is 0 Å². The van der Waals surface area contributed by atoms with Crippen molar-refractivity contribution in [3.63, 3.8) is 0 Å². The second-order valence-corrected chi connectivity index (χ2v) is 4.42. The Bertz CT molecular complexity index is 325. The van der Waals surface area contributed by atoms with Crippen LogP contribution < -0.4 is 0 Å². The minimum absolute atomic E-state index is 0.351. The van der Waals surface area contributed by atoms with Gasteiger partial charge in [-0.1, -0.05) is 25.5 Å². The molecule has 3 heteroatoms. The van der Waals surface area contributed by atoms with Gasteiger partial charge in [0.15, 0.2) is 5.60 Å². The summed E-state index contributed by atoms with van der Waals surface area (Å²) in [6.45, 7) is 6.79. The van der Waals surface area contributed by atoms with Crippen molar-refractivity contribution in [3.8, 4) is 0 Å².